The van der Waals surface area contributed by atoms with Gasteiger partial charge in [0.1, 0.15) is 5.75 Å². The third-order valence-corrected chi connectivity index (χ3v) is 6.36. The Labute approximate surface area is 159 Å². The van der Waals surface area contributed by atoms with E-state index in [0.29, 0.717) is 16.9 Å². The molecule has 4 nitrogen and oxygen atoms in total. The van der Waals surface area contributed by atoms with Gasteiger partial charge < -0.3 is 10.0 Å². The van der Waals surface area contributed by atoms with Crippen LogP contribution in [0.4, 0.5) is 0 Å². The lowest BCUT2D eigenvalue weighted by Gasteiger charge is -2.37. The molecule has 0 saturated carbocycles. The number of hydrogen-bond donors (Lipinski definition) is 1. The van der Waals surface area contributed by atoms with Crippen LogP contribution >= 0.6 is 15.9 Å². The number of phenolic OH excluding ortho intramolecular Hbond substituents is 1. The molecular formula is C20H29BrN2O2. The SMILES string of the molecule is C[C@H]1CCN(C2CCN(C(=O)[C@H](C)Cc3ccc(O)c(Br)c3)CC2)C1. The molecule has 2 heterocycles. The van der Waals surface area contributed by atoms with Crippen molar-refractivity contribution in [2.75, 3.05) is 26.2 Å². The summed E-state index contributed by atoms with van der Waals surface area (Å²) in [4.78, 5) is 17.5. The fourth-order valence-corrected chi connectivity index (χ4v) is 4.61. The maximum absolute atomic E-state index is 12.8. The van der Waals surface area contributed by atoms with Crippen molar-refractivity contribution in [3.63, 3.8) is 0 Å². The topological polar surface area (TPSA) is 43.8 Å². The minimum atomic E-state index is -0.0280. The minimum absolute atomic E-state index is 0.0280. The second kappa shape index (κ2) is 8.09. The van der Waals surface area contributed by atoms with Crippen LogP contribution < -0.4 is 0 Å². The lowest BCUT2D eigenvalue weighted by molar-refractivity contribution is -0.136. The van der Waals surface area contributed by atoms with E-state index in [1.807, 2.05) is 19.1 Å². The van der Waals surface area contributed by atoms with Gasteiger partial charge in [0.2, 0.25) is 5.91 Å². The molecule has 2 saturated heterocycles. The quantitative estimate of drug-likeness (QED) is 0.826. The van der Waals surface area contributed by atoms with Gasteiger partial charge in [-0.3, -0.25) is 9.69 Å². The first-order valence-electron chi connectivity index (χ1n) is 9.44. The van der Waals surface area contributed by atoms with Crippen molar-refractivity contribution in [1.29, 1.82) is 0 Å². The van der Waals surface area contributed by atoms with Gasteiger partial charge >= 0.3 is 0 Å². The van der Waals surface area contributed by atoms with Gasteiger partial charge in [-0.05, 0) is 71.8 Å². The second-order valence-electron chi connectivity index (χ2n) is 7.84. The van der Waals surface area contributed by atoms with Crippen LogP contribution in [0.5, 0.6) is 5.75 Å². The van der Waals surface area contributed by atoms with E-state index in [0.717, 1.165) is 37.4 Å². The summed E-state index contributed by atoms with van der Waals surface area (Å²) in [5, 5.41) is 9.60. The van der Waals surface area contributed by atoms with Crippen molar-refractivity contribution < 1.29 is 9.90 Å². The number of carbonyl (C=O) groups is 1. The van der Waals surface area contributed by atoms with Crippen LogP contribution in [-0.4, -0.2) is 53.0 Å². The van der Waals surface area contributed by atoms with E-state index >= 15 is 0 Å². The fraction of sp³-hybridized carbons (Fsp3) is 0.650. The number of phenols is 1. The molecule has 2 fully saturated rings. The predicted octanol–water partition coefficient (Wildman–Crippen LogP) is 3.67. The second-order valence-corrected chi connectivity index (χ2v) is 8.69. The number of halogens is 1. The number of hydrogen-bond acceptors (Lipinski definition) is 3. The van der Waals surface area contributed by atoms with Gasteiger partial charge in [-0.1, -0.05) is 19.9 Å². The van der Waals surface area contributed by atoms with Crippen LogP contribution in [-0.2, 0) is 11.2 Å². The summed E-state index contributed by atoms with van der Waals surface area (Å²) in [6.07, 6.45) is 4.24. The van der Waals surface area contributed by atoms with Gasteiger partial charge in [0.25, 0.3) is 0 Å². The zero-order valence-electron chi connectivity index (χ0n) is 15.2. The molecule has 138 valence electrons. The summed E-state index contributed by atoms with van der Waals surface area (Å²) in [7, 11) is 0. The molecule has 2 aliphatic rings. The zero-order valence-corrected chi connectivity index (χ0v) is 16.8. The standard InChI is InChI=1S/C20H29BrN2O2/c1-14-5-8-23(13-14)17-6-9-22(10-7-17)20(25)15(2)11-16-3-4-19(24)18(21)12-16/h3-4,12,14-15,17,24H,5-11,13H2,1-2H3/t14-,15+/m0/s1. The normalized spacial score (nSPS) is 23.8. The number of likely N-dealkylation sites (tertiary alicyclic amines) is 2. The van der Waals surface area contributed by atoms with Crippen molar-refractivity contribution in [3.8, 4) is 5.75 Å². The molecule has 0 aromatic heterocycles. The van der Waals surface area contributed by atoms with Crippen LogP contribution in [0.2, 0.25) is 0 Å². The maximum atomic E-state index is 12.8. The monoisotopic (exact) mass is 408 g/mol. The largest absolute Gasteiger partial charge is 0.507 e. The number of amides is 1. The Bertz CT molecular complexity index is 614. The molecule has 3 rings (SSSR count). The van der Waals surface area contributed by atoms with E-state index < -0.39 is 0 Å². The van der Waals surface area contributed by atoms with Crippen LogP contribution in [0.1, 0.15) is 38.7 Å². The van der Waals surface area contributed by atoms with Crippen LogP contribution in [0.25, 0.3) is 0 Å². The van der Waals surface area contributed by atoms with Crippen molar-refractivity contribution in [2.45, 2.75) is 45.6 Å². The van der Waals surface area contributed by atoms with Crippen LogP contribution in [0.3, 0.4) is 0 Å². The Hall–Kier alpha value is -1.07. The number of piperidine rings is 1. The minimum Gasteiger partial charge on any atom is -0.507 e. The first kappa shape index (κ1) is 18.7. The van der Waals surface area contributed by atoms with Gasteiger partial charge in [0.05, 0.1) is 4.47 Å². The van der Waals surface area contributed by atoms with E-state index in [1.165, 1.54) is 19.5 Å². The fourth-order valence-electron chi connectivity index (χ4n) is 4.18. The molecule has 0 spiro atoms. The Morgan fingerprint density at radius 2 is 2.00 bits per heavy atom. The summed E-state index contributed by atoms with van der Waals surface area (Å²) in [6, 6.07) is 6.14. The number of aromatic hydroxyl groups is 1. The third kappa shape index (κ3) is 4.56. The highest BCUT2D eigenvalue weighted by Gasteiger charge is 2.31. The molecule has 1 aromatic rings. The molecule has 2 atom stereocenters. The van der Waals surface area contributed by atoms with Gasteiger partial charge in [0, 0.05) is 31.6 Å². The number of nitrogens with zero attached hydrogens (tertiary/aromatic N) is 2. The molecule has 25 heavy (non-hydrogen) atoms. The van der Waals surface area contributed by atoms with Crippen LogP contribution in [0.15, 0.2) is 22.7 Å². The Morgan fingerprint density at radius 3 is 2.60 bits per heavy atom. The highest BCUT2D eigenvalue weighted by atomic mass is 79.9. The lowest BCUT2D eigenvalue weighted by Crippen LogP contribution is -2.47. The van der Waals surface area contributed by atoms with Crippen molar-refractivity contribution >= 4 is 21.8 Å². The van der Waals surface area contributed by atoms with Gasteiger partial charge in [-0.15, -0.1) is 0 Å². The summed E-state index contributed by atoms with van der Waals surface area (Å²) in [5.74, 6) is 1.29. The van der Waals surface area contributed by atoms with Gasteiger partial charge in [-0.25, -0.2) is 0 Å². The molecule has 1 amide bonds. The molecule has 0 bridgehead atoms. The zero-order chi connectivity index (χ0) is 18.0. The Morgan fingerprint density at radius 1 is 1.28 bits per heavy atom. The van der Waals surface area contributed by atoms with E-state index in [-0.39, 0.29) is 17.6 Å². The van der Waals surface area contributed by atoms with Gasteiger partial charge in [0.15, 0.2) is 0 Å². The smallest absolute Gasteiger partial charge is 0.225 e. The molecular weight excluding hydrogens is 380 g/mol. The average molecular weight is 409 g/mol. The highest BCUT2D eigenvalue weighted by molar-refractivity contribution is 9.10. The molecule has 0 unspecified atom stereocenters. The van der Waals surface area contributed by atoms with Crippen molar-refractivity contribution in [1.82, 2.24) is 9.80 Å². The predicted molar refractivity (Wildman–Crippen MR) is 104 cm³/mol. The molecule has 0 radical (unpaired) electrons. The Kier molecular flexibility index (Phi) is 6.05. The molecule has 1 N–H and O–H groups in total. The van der Waals surface area contributed by atoms with E-state index in [4.69, 9.17) is 0 Å². The number of carbonyl (C=O) groups excluding carboxylic acids is 1. The van der Waals surface area contributed by atoms with Gasteiger partial charge in [-0.2, -0.15) is 0 Å². The molecule has 1 aromatic carbocycles. The number of rotatable bonds is 4. The van der Waals surface area contributed by atoms with E-state index in [1.54, 1.807) is 6.07 Å². The Balaban J connectivity index is 1.50. The third-order valence-electron chi connectivity index (χ3n) is 5.72. The molecule has 0 aliphatic carbocycles. The number of benzene rings is 1. The summed E-state index contributed by atoms with van der Waals surface area (Å²) in [5.41, 5.74) is 1.08. The lowest BCUT2D eigenvalue weighted by atomic mass is 9.97. The highest BCUT2D eigenvalue weighted by Crippen LogP contribution is 2.27. The van der Waals surface area contributed by atoms with Crippen molar-refractivity contribution in [3.05, 3.63) is 28.2 Å². The first-order chi connectivity index (χ1) is 11.9. The molecule has 2 aliphatic heterocycles. The van der Waals surface area contributed by atoms with Crippen LogP contribution in [0, 0.1) is 11.8 Å². The average Bonchev–Trinajstić information content (AvgIpc) is 3.04. The summed E-state index contributed by atoms with van der Waals surface area (Å²) >= 11 is 3.34. The van der Waals surface area contributed by atoms with E-state index in [2.05, 4.69) is 32.7 Å². The molecule has 5 heteroatoms. The maximum Gasteiger partial charge on any atom is 0.225 e. The summed E-state index contributed by atoms with van der Waals surface area (Å²) < 4.78 is 0.685. The van der Waals surface area contributed by atoms with Crippen molar-refractivity contribution in [2.24, 2.45) is 11.8 Å². The first-order valence-corrected chi connectivity index (χ1v) is 10.2. The van der Waals surface area contributed by atoms with E-state index in [9.17, 15) is 9.90 Å². The summed E-state index contributed by atoms with van der Waals surface area (Å²) in [6.45, 7) is 8.58.